The van der Waals surface area contributed by atoms with Crippen LogP contribution in [0.1, 0.15) is 112 Å². The van der Waals surface area contributed by atoms with Gasteiger partial charge in [-0.25, -0.2) is 16.8 Å². The molecular formula is C93H116FIK2O31PS2-. The Labute approximate surface area is 868 Å². The first kappa shape index (κ1) is 112. The van der Waals surface area contributed by atoms with Gasteiger partial charge in [-0.05, 0) is 165 Å². The maximum Gasteiger partial charge on any atom is 1.00 e. The summed E-state index contributed by atoms with van der Waals surface area (Å²) in [6.45, 7) is 12.9. The number of halogens is 2. The average molecular weight is 2050 g/mol. The second kappa shape index (κ2) is 56.0. The van der Waals surface area contributed by atoms with E-state index >= 15 is 0 Å². The molecule has 7 fully saturated rings. The van der Waals surface area contributed by atoms with Gasteiger partial charge in [-0.3, -0.25) is 13.7 Å². The fourth-order valence-electron chi connectivity index (χ4n) is 16.0. The van der Waals surface area contributed by atoms with Crippen molar-refractivity contribution in [3.8, 4) is 34.5 Å². The third-order valence-corrected chi connectivity index (χ3v) is 23.8. The summed E-state index contributed by atoms with van der Waals surface area (Å²) in [6.07, 6.45) is -6.62. The van der Waals surface area contributed by atoms with Crippen molar-refractivity contribution < 1.29 is 253 Å². The first-order chi connectivity index (χ1) is 61.8. The molecular weight excluding hydrogens is 1930 g/mol. The molecule has 8 aromatic rings. The van der Waals surface area contributed by atoms with Crippen LogP contribution in [0, 0.1) is 17.8 Å². The Morgan fingerprint density at radius 2 is 0.832 bits per heavy atom. The number of methoxy groups -OCH3 is 6. The first-order valence-corrected chi connectivity index (χ1v) is 48.6. The summed E-state index contributed by atoms with van der Waals surface area (Å²) in [6, 6.07) is 65.7. The first-order valence-electron chi connectivity index (χ1n) is 41.7. The summed E-state index contributed by atoms with van der Waals surface area (Å²) in [5.74, 6) is 2.72. The molecule has 0 radical (unpaired) electrons. The minimum Gasteiger partial charge on any atom is -1.00 e. The second-order valence-corrected chi connectivity index (χ2v) is 34.0. The Hall–Kier alpha value is -4.47. The van der Waals surface area contributed by atoms with Crippen molar-refractivity contribution in [3.63, 3.8) is 0 Å². The summed E-state index contributed by atoms with van der Waals surface area (Å²) in [5, 5.41) is 8.43. The topological polar surface area (TPSA) is 353 Å². The van der Waals surface area contributed by atoms with Gasteiger partial charge in [-0.1, -0.05) is 162 Å². The van der Waals surface area contributed by atoms with E-state index in [1.165, 1.54) is 0 Å². The summed E-state index contributed by atoms with van der Waals surface area (Å²) in [7, 11) is 0.549. The average Bonchev–Trinajstić information content (AvgIpc) is 1.22. The van der Waals surface area contributed by atoms with Gasteiger partial charge in [0.2, 0.25) is 10.4 Å². The van der Waals surface area contributed by atoms with Crippen molar-refractivity contribution in [2.45, 2.75) is 190 Å². The number of rotatable bonds is 35. The number of hydrogen-bond donors (Lipinski definition) is 0. The monoisotopic (exact) mass is 2050 g/mol. The van der Waals surface area contributed by atoms with Crippen LogP contribution >= 0.6 is 28.9 Å². The quantitative estimate of drug-likeness (QED) is 0.00532. The molecule has 0 aromatic heterocycles. The molecule has 2 aliphatic carbocycles. The van der Waals surface area contributed by atoms with Gasteiger partial charge in [0, 0.05) is 23.0 Å². The molecule has 5 aliphatic heterocycles. The SMILES string of the molecule is CC1(C)OC[C@H]([C@H]2OC(c3ccccc3)O[C@H]3COS(=O)(=O)O[C@@H]23)O1.COc1ccc(COC[C@H]2CC[C@@H](OCc3ccc(OC)cc3)[C@@H]2OCc2ccc(OC)cc2)cc1.COc1ccc(COC[C@H]2[C@H](C[C@@H]3OC(c4ccccc4)O[C@H]([C@H]4COC(C)(C)O4)[C@@H]3OS(=O)(=O)[O-])C[C@@H](OCc3ccc(OC)cc3)[C@@H]2OCc2ccc(OC)cc2)cc1.F.O=CO[O-].PI.[H-].[K+].[K+]. The van der Waals surface area contributed by atoms with Gasteiger partial charge in [0.05, 0.1) is 146 Å². The van der Waals surface area contributed by atoms with Gasteiger partial charge < -0.3 is 111 Å². The van der Waals surface area contributed by atoms with Crippen molar-refractivity contribution in [2.75, 3.05) is 75.7 Å². The van der Waals surface area contributed by atoms with Crippen LogP contribution in [-0.2, 0) is 149 Å². The molecule has 708 valence electrons. The van der Waals surface area contributed by atoms with Gasteiger partial charge in [0.1, 0.15) is 77.2 Å². The Bertz CT molecular complexity index is 4840. The molecule has 15 rings (SSSR count). The summed E-state index contributed by atoms with van der Waals surface area (Å²) < 4.78 is 196. The van der Waals surface area contributed by atoms with Gasteiger partial charge >= 0.3 is 113 Å². The van der Waals surface area contributed by atoms with Gasteiger partial charge in [-0.2, -0.15) is 8.42 Å². The smallest absolute Gasteiger partial charge is 1.00 e. The standard InChI is InChI=1S/C46H56O14S.C30H36O6.C16H20O8S.CH2O3.FH.H2IP.2K.H/c1-46(2)56-29-41(59-46)43-44(60-61(47,48)49)40(57-45(58-43)33-9-7-6-8-10-33)24-34-23-39(54-26-31-13-19-36(51-4)20-14-31)42(55-27-32-15-21-37(52-5)22-16-32)38(34)28-53-25-30-11-17-35(50-3)18-12-30;1-31-26-11-4-22(5-12-26)18-34-21-25-10-17-29(35-19-23-6-13-27(32-2)14-7-23)30(25)36-20-24-8-15-28(33-3)16-9-24;1-16(2)19-8-12(23-16)13-14-11(9-20-25(17,18)24-14)21-15(22-13)10-6-4-3-5-7-10;2-1-4-3;;1-2;;;/h6-22,34,38-45H,23-29H2,1-5H3,(H,47,48,49);4-9,11-16,25,29-30H,10,17-21H2,1-3H3;3-7,11-15H,8-9H2,1-2H3;1,3H;1H;2H2;;;/q;;;;;;2*+1;-1/p-2/t34-,38-,39+,40-,41+,42+,43+,44+,45?;25-,29-,30-;11-,12+,13+,14+,15?;;;;;;/m010....../s1. The van der Waals surface area contributed by atoms with Crippen molar-refractivity contribution >= 4 is 56.2 Å². The number of hydrogen-bond acceptors (Lipinski definition) is 31. The zero-order chi connectivity index (χ0) is 91.2. The van der Waals surface area contributed by atoms with Crippen LogP contribution in [0.15, 0.2) is 206 Å². The van der Waals surface area contributed by atoms with Crippen molar-refractivity contribution in [1.82, 2.24) is 0 Å². The third kappa shape index (κ3) is 34.5. The number of fused-ring (bicyclic) bond motifs is 1. The number of benzene rings is 8. The van der Waals surface area contributed by atoms with E-state index in [9.17, 15) is 21.4 Å². The van der Waals surface area contributed by atoms with E-state index in [1.807, 2.05) is 206 Å². The molecule has 3 unspecified atom stereocenters. The molecule has 0 amide bonds. The molecule has 5 saturated heterocycles. The van der Waals surface area contributed by atoms with E-state index in [1.54, 1.807) is 70.4 Å². The van der Waals surface area contributed by atoms with E-state index in [-0.39, 0.29) is 185 Å². The molecule has 8 aromatic carbocycles. The van der Waals surface area contributed by atoms with E-state index < -0.39 is 106 Å². The van der Waals surface area contributed by atoms with Gasteiger partial charge in [-0.15, -0.1) is 0 Å². The van der Waals surface area contributed by atoms with Crippen molar-refractivity contribution in [2.24, 2.45) is 17.8 Å². The minimum absolute atomic E-state index is 0. The predicted octanol–water partition coefficient (Wildman–Crippen LogP) is 7.92. The predicted molar refractivity (Wildman–Crippen MR) is 477 cm³/mol. The van der Waals surface area contributed by atoms with Crippen LogP contribution in [0.4, 0.5) is 4.70 Å². The van der Waals surface area contributed by atoms with Crippen LogP contribution in [0.3, 0.4) is 0 Å². The van der Waals surface area contributed by atoms with Gasteiger partial charge in [0.15, 0.2) is 24.2 Å². The number of carbonyl (C=O) groups excluding carboxylic acids is 1. The number of ether oxygens (including phenoxy) is 20. The fourth-order valence-corrected chi connectivity index (χ4v) is 17.4. The molecule has 7 aliphatic rings. The van der Waals surface area contributed by atoms with E-state index in [4.69, 9.17) is 117 Å². The Balaban J connectivity index is 0.000000283. The maximum absolute atomic E-state index is 12.5. The van der Waals surface area contributed by atoms with Crippen LogP contribution in [-0.4, -0.2) is 188 Å². The fraction of sp³-hybridized carbons (Fsp3) is 0.473. The largest absolute Gasteiger partial charge is 1.00 e. The molecule has 2 saturated carbocycles. The van der Waals surface area contributed by atoms with Crippen molar-refractivity contribution in [1.29, 1.82) is 0 Å². The molecule has 131 heavy (non-hydrogen) atoms. The minimum atomic E-state index is -5.24. The van der Waals surface area contributed by atoms with E-state index in [2.05, 4.69) is 33.8 Å². The molecule has 31 nitrogen and oxygen atoms in total. The molecule has 5 heterocycles. The van der Waals surface area contributed by atoms with Crippen molar-refractivity contribution in [3.05, 3.63) is 251 Å². The Kier molecular flexibility index (Phi) is 47.8. The Morgan fingerprint density at radius 3 is 1.23 bits per heavy atom. The Morgan fingerprint density at radius 1 is 0.458 bits per heavy atom. The van der Waals surface area contributed by atoms with E-state index in [0.29, 0.717) is 51.6 Å². The van der Waals surface area contributed by atoms with Crippen LogP contribution in [0.5, 0.6) is 34.5 Å². The molecule has 0 N–H and O–H groups in total. The molecule has 18 atom stereocenters. The second-order valence-electron chi connectivity index (χ2n) is 31.8. The summed E-state index contributed by atoms with van der Waals surface area (Å²) >= 11 is 2.07. The zero-order valence-corrected chi connectivity index (χ0v) is 86.7. The summed E-state index contributed by atoms with van der Waals surface area (Å²) in [5.41, 5.74) is 7.70. The molecule has 0 spiro atoms. The maximum atomic E-state index is 12.5. The summed E-state index contributed by atoms with van der Waals surface area (Å²) in [4.78, 5) is 11.2. The molecule has 38 heteroatoms. The zero-order valence-electron chi connectivity index (χ0n) is 76.5. The normalized spacial score (nSPS) is 25.9. The number of carbonyl (C=O) groups is 1. The van der Waals surface area contributed by atoms with Gasteiger partial charge in [0.25, 0.3) is 6.47 Å². The third-order valence-electron chi connectivity index (χ3n) is 22.4. The van der Waals surface area contributed by atoms with Crippen LogP contribution in [0.2, 0.25) is 0 Å². The van der Waals surface area contributed by atoms with Crippen LogP contribution in [0.25, 0.3) is 0 Å². The van der Waals surface area contributed by atoms with E-state index in [0.717, 1.165) is 86.3 Å². The van der Waals surface area contributed by atoms with Crippen LogP contribution < -0.4 is 136 Å². The molecule has 0 bridgehead atoms.